The van der Waals surface area contributed by atoms with Crippen LogP contribution < -0.4 is 5.32 Å². The van der Waals surface area contributed by atoms with Gasteiger partial charge in [0.2, 0.25) is 0 Å². The van der Waals surface area contributed by atoms with E-state index in [2.05, 4.69) is 10.5 Å². The standard InChI is InChI=1S/C19H25N3O5/c1-11-8-15(13(3)22(11)17-9-12(2)27-21-17)18(23)20-10-16(19(24)25)14-4-6-26-7-5-14/h8-9,14,16H,4-7,10H2,1-3H3,(H,20,23)(H,24,25). The van der Waals surface area contributed by atoms with E-state index in [1.807, 2.05) is 18.4 Å². The molecule has 2 aromatic heterocycles. The van der Waals surface area contributed by atoms with Crippen molar-refractivity contribution in [3.8, 4) is 5.82 Å². The topological polar surface area (TPSA) is 107 Å². The molecule has 1 atom stereocenters. The Morgan fingerprint density at radius 3 is 2.59 bits per heavy atom. The van der Waals surface area contributed by atoms with Crippen LogP contribution in [0.3, 0.4) is 0 Å². The molecule has 3 heterocycles. The van der Waals surface area contributed by atoms with Gasteiger partial charge in [-0.1, -0.05) is 5.16 Å². The highest BCUT2D eigenvalue weighted by atomic mass is 16.5. The van der Waals surface area contributed by atoms with E-state index in [0.29, 0.717) is 43.2 Å². The van der Waals surface area contributed by atoms with Gasteiger partial charge in [-0.2, -0.15) is 0 Å². The Balaban J connectivity index is 1.73. The van der Waals surface area contributed by atoms with Crippen LogP contribution in [0.1, 0.15) is 40.3 Å². The zero-order valence-electron chi connectivity index (χ0n) is 15.8. The SMILES string of the molecule is Cc1cc(-n2c(C)cc(C(=O)NCC(C(=O)O)C3CCOCC3)c2C)no1. The molecule has 0 spiro atoms. The number of carboxylic acid groups (broad SMARTS) is 1. The van der Waals surface area contributed by atoms with Crippen LogP contribution in [0.5, 0.6) is 0 Å². The van der Waals surface area contributed by atoms with Crippen molar-refractivity contribution < 1.29 is 24.0 Å². The van der Waals surface area contributed by atoms with E-state index in [1.165, 1.54) is 0 Å². The van der Waals surface area contributed by atoms with Crippen LogP contribution in [0.15, 0.2) is 16.7 Å². The maximum atomic E-state index is 12.7. The minimum Gasteiger partial charge on any atom is -0.481 e. The Hall–Kier alpha value is -2.61. The zero-order valence-corrected chi connectivity index (χ0v) is 15.8. The molecule has 0 bridgehead atoms. The number of nitrogens with one attached hydrogen (secondary N) is 1. The second kappa shape index (κ2) is 7.96. The van der Waals surface area contributed by atoms with Crippen LogP contribution in [0.4, 0.5) is 0 Å². The first-order valence-corrected chi connectivity index (χ1v) is 9.10. The molecule has 2 N–H and O–H groups in total. The summed E-state index contributed by atoms with van der Waals surface area (Å²) in [6.07, 6.45) is 1.40. The van der Waals surface area contributed by atoms with Crippen LogP contribution in [-0.4, -0.2) is 46.5 Å². The summed E-state index contributed by atoms with van der Waals surface area (Å²) >= 11 is 0. The largest absolute Gasteiger partial charge is 0.481 e. The first-order chi connectivity index (χ1) is 12.9. The van der Waals surface area contributed by atoms with Gasteiger partial charge in [-0.3, -0.25) is 14.2 Å². The number of rotatable bonds is 6. The predicted molar refractivity (Wildman–Crippen MR) is 97.0 cm³/mol. The number of aliphatic carboxylic acids is 1. The normalized spacial score (nSPS) is 16.3. The fourth-order valence-electron chi connectivity index (χ4n) is 3.68. The second-order valence-corrected chi connectivity index (χ2v) is 7.02. The number of ether oxygens (including phenoxy) is 1. The fraction of sp³-hybridized carbons (Fsp3) is 0.526. The van der Waals surface area contributed by atoms with Gasteiger partial charge in [0.05, 0.1) is 11.5 Å². The molecule has 146 valence electrons. The lowest BCUT2D eigenvalue weighted by Crippen LogP contribution is -2.39. The van der Waals surface area contributed by atoms with Crippen LogP contribution in [0.2, 0.25) is 0 Å². The molecule has 27 heavy (non-hydrogen) atoms. The van der Waals surface area contributed by atoms with E-state index in [1.54, 1.807) is 19.1 Å². The summed E-state index contributed by atoms with van der Waals surface area (Å²) in [6.45, 7) is 6.77. The highest BCUT2D eigenvalue weighted by Crippen LogP contribution is 2.24. The number of aromatic nitrogens is 2. The maximum absolute atomic E-state index is 12.7. The molecule has 3 rings (SSSR count). The summed E-state index contributed by atoms with van der Waals surface area (Å²) in [4.78, 5) is 24.3. The van der Waals surface area contributed by atoms with Crippen LogP contribution in [-0.2, 0) is 9.53 Å². The van der Waals surface area contributed by atoms with Crippen molar-refractivity contribution in [1.29, 1.82) is 0 Å². The number of carbonyl (C=O) groups is 2. The summed E-state index contributed by atoms with van der Waals surface area (Å²) in [5.41, 5.74) is 2.09. The van der Waals surface area contributed by atoms with Crippen LogP contribution >= 0.6 is 0 Å². The number of aryl methyl sites for hydroxylation is 2. The summed E-state index contributed by atoms with van der Waals surface area (Å²) < 4.78 is 12.3. The molecule has 0 aliphatic carbocycles. The predicted octanol–water partition coefficient (Wildman–Crippen LogP) is 2.25. The zero-order chi connectivity index (χ0) is 19.6. The molecule has 1 amide bonds. The third-order valence-corrected chi connectivity index (χ3v) is 5.16. The number of carboxylic acids is 1. The average Bonchev–Trinajstić information content (AvgIpc) is 3.18. The number of nitrogens with zero attached hydrogens (tertiary/aromatic N) is 2. The van der Waals surface area contributed by atoms with E-state index in [-0.39, 0.29) is 18.4 Å². The first-order valence-electron chi connectivity index (χ1n) is 9.10. The maximum Gasteiger partial charge on any atom is 0.308 e. The Kier molecular flexibility index (Phi) is 5.65. The Morgan fingerprint density at radius 2 is 2.00 bits per heavy atom. The van der Waals surface area contributed by atoms with E-state index in [9.17, 15) is 14.7 Å². The van der Waals surface area contributed by atoms with E-state index < -0.39 is 11.9 Å². The van der Waals surface area contributed by atoms with Gasteiger partial charge in [0.25, 0.3) is 5.91 Å². The average molecular weight is 375 g/mol. The molecular formula is C19H25N3O5. The second-order valence-electron chi connectivity index (χ2n) is 7.02. The van der Waals surface area contributed by atoms with Crippen molar-refractivity contribution in [2.24, 2.45) is 11.8 Å². The number of hydrogen-bond acceptors (Lipinski definition) is 5. The molecule has 0 saturated carbocycles. The van der Waals surface area contributed by atoms with Crippen LogP contribution in [0.25, 0.3) is 5.82 Å². The molecular weight excluding hydrogens is 350 g/mol. The molecule has 1 aliphatic rings. The minimum atomic E-state index is -0.884. The monoisotopic (exact) mass is 375 g/mol. The van der Waals surface area contributed by atoms with Crippen molar-refractivity contribution in [3.05, 3.63) is 34.8 Å². The van der Waals surface area contributed by atoms with Crippen molar-refractivity contribution in [2.45, 2.75) is 33.6 Å². The highest BCUT2D eigenvalue weighted by molar-refractivity contribution is 5.96. The Bertz CT molecular complexity index is 833. The Morgan fingerprint density at radius 1 is 1.30 bits per heavy atom. The summed E-state index contributed by atoms with van der Waals surface area (Å²) in [6, 6.07) is 3.58. The fourth-order valence-corrected chi connectivity index (χ4v) is 3.68. The van der Waals surface area contributed by atoms with Crippen molar-refractivity contribution in [1.82, 2.24) is 15.0 Å². The number of carbonyl (C=O) groups excluding carboxylic acids is 1. The van der Waals surface area contributed by atoms with Crippen molar-refractivity contribution in [2.75, 3.05) is 19.8 Å². The van der Waals surface area contributed by atoms with Gasteiger partial charge in [-0.15, -0.1) is 0 Å². The number of hydrogen-bond donors (Lipinski definition) is 2. The molecule has 1 aliphatic heterocycles. The summed E-state index contributed by atoms with van der Waals surface area (Å²) in [7, 11) is 0. The van der Waals surface area contributed by atoms with Gasteiger partial charge in [0, 0.05) is 37.2 Å². The first kappa shape index (κ1) is 19.2. The van der Waals surface area contributed by atoms with E-state index in [4.69, 9.17) is 9.26 Å². The van der Waals surface area contributed by atoms with Gasteiger partial charge in [-0.05, 0) is 45.6 Å². The lowest BCUT2D eigenvalue weighted by atomic mass is 9.86. The van der Waals surface area contributed by atoms with E-state index >= 15 is 0 Å². The molecule has 0 radical (unpaired) electrons. The third kappa shape index (κ3) is 4.05. The summed E-state index contributed by atoms with van der Waals surface area (Å²) in [5, 5.41) is 16.4. The van der Waals surface area contributed by atoms with Gasteiger partial charge >= 0.3 is 5.97 Å². The highest BCUT2D eigenvalue weighted by Gasteiger charge is 2.30. The molecule has 0 aromatic carbocycles. The minimum absolute atomic E-state index is 0.0158. The summed E-state index contributed by atoms with van der Waals surface area (Å²) in [5.74, 6) is -0.461. The van der Waals surface area contributed by atoms with Gasteiger partial charge in [-0.25, -0.2) is 0 Å². The van der Waals surface area contributed by atoms with Gasteiger partial charge < -0.3 is 19.7 Å². The lowest BCUT2D eigenvalue weighted by molar-refractivity contribution is -0.144. The number of amides is 1. The lowest BCUT2D eigenvalue weighted by Gasteiger charge is -2.27. The molecule has 1 unspecified atom stereocenters. The van der Waals surface area contributed by atoms with Crippen molar-refractivity contribution in [3.63, 3.8) is 0 Å². The quantitative estimate of drug-likeness (QED) is 0.802. The Labute approximate surface area is 157 Å². The molecule has 2 aromatic rings. The van der Waals surface area contributed by atoms with Gasteiger partial charge in [0.1, 0.15) is 5.76 Å². The molecule has 8 nitrogen and oxygen atoms in total. The molecule has 1 fully saturated rings. The van der Waals surface area contributed by atoms with Crippen LogP contribution in [0, 0.1) is 32.6 Å². The van der Waals surface area contributed by atoms with Gasteiger partial charge in [0.15, 0.2) is 5.82 Å². The van der Waals surface area contributed by atoms with Crippen molar-refractivity contribution >= 4 is 11.9 Å². The van der Waals surface area contributed by atoms with E-state index in [0.717, 1.165) is 11.4 Å². The third-order valence-electron chi connectivity index (χ3n) is 5.16. The smallest absolute Gasteiger partial charge is 0.308 e. The molecule has 1 saturated heterocycles. The molecule has 8 heteroatoms.